The van der Waals surface area contributed by atoms with Gasteiger partial charge >= 0.3 is 0 Å². The van der Waals surface area contributed by atoms with E-state index in [1.165, 1.54) is 4.88 Å². The first-order valence-electron chi connectivity index (χ1n) is 6.61. The van der Waals surface area contributed by atoms with Crippen molar-refractivity contribution in [3.05, 3.63) is 37.9 Å². The van der Waals surface area contributed by atoms with Gasteiger partial charge < -0.3 is 5.32 Å². The van der Waals surface area contributed by atoms with Crippen LogP contribution < -0.4 is 5.32 Å². The van der Waals surface area contributed by atoms with Crippen molar-refractivity contribution in [2.24, 2.45) is 0 Å². The molecule has 0 saturated heterocycles. The molecule has 2 rings (SSSR count). The Labute approximate surface area is 133 Å². The molecule has 0 amide bonds. The van der Waals surface area contributed by atoms with Crippen LogP contribution in [-0.4, -0.2) is 16.5 Å². The van der Waals surface area contributed by atoms with Crippen LogP contribution in [0.3, 0.4) is 0 Å². The quantitative estimate of drug-likeness (QED) is 0.776. The van der Waals surface area contributed by atoms with Crippen molar-refractivity contribution in [3.8, 4) is 0 Å². The molecule has 108 valence electrons. The Kier molecular flexibility index (Phi) is 5.64. The maximum atomic E-state index is 6.15. The monoisotopic (exact) mass is 329 g/mol. The topological polar surface area (TPSA) is 37.8 Å². The lowest BCUT2D eigenvalue weighted by atomic mass is 10.3. The molecule has 1 N–H and O–H groups in total. The summed E-state index contributed by atoms with van der Waals surface area (Å²) in [7, 11) is 0. The Morgan fingerprint density at radius 2 is 2.00 bits per heavy atom. The average molecular weight is 330 g/mol. The molecule has 0 aliphatic rings. The second-order valence-corrected chi connectivity index (χ2v) is 6.69. The summed E-state index contributed by atoms with van der Waals surface area (Å²) in [4.78, 5) is 10.1. The Hall–Kier alpha value is -0.840. The molecule has 0 fully saturated rings. The number of hydrogen-bond donors (Lipinski definition) is 1. The summed E-state index contributed by atoms with van der Waals surface area (Å²) < 4.78 is 0.825. The van der Waals surface area contributed by atoms with Crippen molar-refractivity contribution in [1.29, 1.82) is 0 Å². The first-order chi connectivity index (χ1) is 9.60. The van der Waals surface area contributed by atoms with Crippen LogP contribution in [0.1, 0.15) is 29.6 Å². The molecule has 0 radical (unpaired) electrons. The largest absolute Gasteiger partial charge is 0.369 e. The zero-order valence-electron chi connectivity index (χ0n) is 11.5. The summed E-state index contributed by atoms with van der Waals surface area (Å²) in [5.41, 5.74) is 0.899. The summed E-state index contributed by atoms with van der Waals surface area (Å²) in [5, 5.41) is 3.87. The van der Waals surface area contributed by atoms with Crippen molar-refractivity contribution in [2.75, 3.05) is 11.9 Å². The van der Waals surface area contributed by atoms with E-state index in [0.29, 0.717) is 5.15 Å². The number of aryl methyl sites for hydroxylation is 1. The molecule has 3 nitrogen and oxygen atoms in total. The fraction of sp³-hybridized carbons (Fsp3) is 0.429. The van der Waals surface area contributed by atoms with Gasteiger partial charge in [-0.25, -0.2) is 9.97 Å². The lowest BCUT2D eigenvalue weighted by Gasteiger charge is -2.10. The van der Waals surface area contributed by atoms with Crippen LogP contribution in [0.4, 0.5) is 5.82 Å². The third kappa shape index (κ3) is 4.08. The lowest BCUT2D eigenvalue weighted by molar-refractivity contribution is 0.829. The van der Waals surface area contributed by atoms with Crippen LogP contribution in [-0.2, 0) is 12.8 Å². The summed E-state index contributed by atoms with van der Waals surface area (Å²) in [6.45, 7) is 4.84. The molecule has 2 aromatic heterocycles. The minimum absolute atomic E-state index is 0.533. The second kappa shape index (κ2) is 7.25. The molecule has 0 unspecified atom stereocenters. The number of anilines is 1. The minimum atomic E-state index is 0.533. The van der Waals surface area contributed by atoms with E-state index in [9.17, 15) is 0 Å². The van der Waals surface area contributed by atoms with Gasteiger partial charge in [0.1, 0.15) is 16.8 Å². The summed E-state index contributed by atoms with van der Waals surface area (Å²) in [5.74, 6) is 1.63. The number of thiophene rings is 1. The highest BCUT2D eigenvalue weighted by molar-refractivity contribution is 7.16. The number of nitrogens with one attached hydrogen (secondary N) is 1. The highest BCUT2D eigenvalue weighted by Gasteiger charge is 2.09. The third-order valence-electron chi connectivity index (χ3n) is 2.90. The number of aromatic nitrogens is 2. The van der Waals surface area contributed by atoms with Gasteiger partial charge in [-0.3, -0.25) is 0 Å². The van der Waals surface area contributed by atoms with Crippen molar-refractivity contribution < 1.29 is 0 Å². The molecule has 0 bridgehead atoms. The molecular formula is C14H17Cl2N3S. The Morgan fingerprint density at radius 3 is 2.65 bits per heavy atom. The average Bonchev–Trinajstić information content (AvgIpc) is 2.81. The van der Waals surface area contributed by atoms with Gasteiger partial charge in [-0.05, 0) is 31.9 Å². The Balaban J connectivity index is 2.01. The molecular weight excluding hydrogens is 313 g/mol. The van der Waals surface area contributed by atoms with E-state index in [0.717, 1.165) is 47.3 Å². The Morgan fingerprint density at radius 1 is 1.20 bits per heavy atom. The van der Waals surface area contributed by atoms with Crippen molar-refractivity contribution in [2.45, 2.75) is 33.1 Å². The van der Waals surface area contributed by atoms with Crippen LogP contribution in [0.2, 0.25) is 9.49 Å². The number of halogens is 2. The van der Waals surface area contributed by atoms with Crippen LogP contribution in [0.5, 0.6) is 0 Å². The van der Waals surface area contributed by atoms with Crippen LogP contribution in [0.15, 0.2) is 12.1 Å². The van der Waals surface area contributed by atoms with Gasteiger partial charge in [0.25, 0.3) is 0 Å². The van der Waals surface area contributed by atoms with E-state index in [2.05, 4.69) is 28.3 Å². The first-order valence-corrected chi connectivity index (χ1v) is 8.18. The molecule has 20 heavy (non-hydrogen) atoms. The predicted octanol–water partition coefficient (Wildman–Crippen LogP) is 4.76. The molecule has 2 heterocycles. The van der Waals surface area contributed by atoms with E-state index in [-0.39, 0.29) is 0 Å². The van der Waals surface area contributed by atoms with E-state index in [4.69, 9.17) is 23.2 Å². The molecule has 0 spiro atoms. The smallest absolute Gasteiger partial charge is 0.137 e. The molecule has 6 heteroatoms. The van der Waals surface area contributed by atoms with E-state index in [1.54, 1.807) is 11.3 Å². The highest BCUT2D eigenvalue weighted by Crippen LogP contribution is 2.23. The van der Waals surface area contributed by atoms with Crippen LogP contribution in [0.25, 0.3) is 0 Å². The highest BCUT2D eigenvalue weighted by atomic mass is 35.5. The SMILES string of the molecule is CCCc1nc(Cl)c(C)c(NCCc2ccc(Cl)s2)n1. The van der Waals surface area contributed by atoms with Gasteiger partial charge in [0.2, 0.25) is 0 Å². The van der Waals surface area contributed by atoms with Gasteiger partial charge in [-0.15, -0.1) is 11.3 Å². The van der Waals surface area contributed by atoms with Gasteiger partial charge in [0, 0.05) is 23.4 Å². The van der Waals surface area contributed by atoms with Gasteiger partial charge in [-0.1, -0.05) is 30.1 Å². The van der Waals surface area contributed by atoms with E-state index in [1.807, 2.05) is 13.0 Å². The zero-order valence-corrected chi connectivity index (χ0v) is 13.9. The number of hydrogen-bond acceptors (Lipinski definition) is 4. The van der Waals surface area contributed by atoms with E-state index >= 15 is 0 Å². The van der Waals surface area contributed by atoms with Crippen molar-refractivity contribution in [3.63, 3.8) is 0 Å². The predicted molar refractivity (Wildman–Crippen MR) is 87.3 cm³/mol. The maximum Gasteiger partial charge on any atom is 0.137 e. The summed E-state index contributed by atoms with van der Waals surface area (Å²) in [6.07, 6.45) is 2.77. The molecule has 0 aromatic carbocycles. The maximum absolute atomic E-state index is 6.15. The van der Waals surface area contributed by atoms with Gasteiger partial charge in [0.15, 0.2) is 0 Å². The minimum Gasteiger partial charge on any atom is -0.369 e. The fourth-order valence-electron chi connectivity index (χ4n) is 1.83. The second-order valence-electron chi connectivity index (χ2n) is 4.54. The molecule has 0 aliphatic carbocycles. The van der Waals surface area contributed by atoms with Crippen molar-refractivity contribution >= 4 is 40.4 Å². The van der Waals surface area contributed by atoms with Crippen LogP contribution in [0, 0.1) is 6.92 Å². The molecule has 0 aliphatic heterocycles. The standard InChI is InChI=1S/C14H17Cl2N3S/c1-3-4-12-18-13(16)9(2)14(19-12)17-8-7-10-5-6-11(15)20-10/h5-6H,3-4,7-8H2,1-2H3,(H,17,18,19). The summed E-state index contributed by atoms with van der Waals surface area (Å²) >= 11 is 13.7. The van der Waals surface area contributed by atoms with Crippen molar-refractivity contribution in [1.82, 2.24) is 9.97 Å². The Bertz CT molecular complexity index is 584. The van der Waals surface area contributed by atoms with E-state index < -0.39 is 0 Å². The molecule has 0 saturated carbocycles. The van der Waals surface area contributed by atoms with Gasteiger partial charge in [-0.2, -0.15) is 0 Å². The summed E-state index contributed by atoms with van der Waals surface area (Å²) in [6, 6.07) is 3.98. The zero-order chi connectivity index (χ0) is 14.5. The lowest BCUT2D eigenvalue weighted by Crippen LogP contribution is -2.10. The molecule has 2 aromatic rings. The number of nitrogens with zero attached hydrogens (tertiary/aromatic N) is 2. The normalized spacial score (nSPS) is 10.8. The van der Waals surface area contributed by atoms with Crippen LogP contribution >= 0.6 is 34.5 Å². The first kappa shape index (κ1) is 15.5. The third-order valence-corrected chi connectivity index (χ3v) is 4.56. The molecule has 0 atom stereocenters. The fourth-order valence-corrected chi connectivity index (χ4v) is 3.10. The number of rotatable bonds is 6. The van der Waals surface area contributed by atoms with Gasteiger partial charge in [0.05, 0.1) is 4.34 Å².